The third kappa shape index (κ3) is 2.35. The molecule has 0 saturated heterocycles. The molecule has 1 heterocycles. The molecule has 4 nitrogen and oxygen atoms in total. The van der Waals surface area contributed by atoms with Gasteiger partial charge < -0.3 is 5.11 Å². The smallest absolute Gasteiger partial charge is 0.354 e. The zero-order valence-electron chi connectivity index (χ0n) is 10.7. The molecule has 0 radical (unpaired) electrons. The van der Waals surface area contributed by atoms with Gasteiger partial charge in [0.2, 0.25) is 0 Å². The van der Waals surface area contributed by atoms with Crippen LogP contribution in [0.2, 0.25) is 0 Å². The minimum absolute atomic E-state index is 0.103. The molecule has 1 saturated carbocycles. The minimum Gasteiger partial charge on any atom is -0.477 e. The van der Waals surface area contributed by atoms with Gasteiger partial charge in [0.15, 0.2) is 0 Å². The van der Waals surface area contributed by atoms with Gasteiger partial charge in [-0.25, -0.2) is 4.79 Å². The number of carbonyl (C=O) groups is 1. The first-order valence-corrected chi connectivity index (χ1v) is 6.23. The summed E-state index contributed by atoms with van der Waals surface area (Å²) in [5.74, 6) is -0.875. The Hall–Kier alpha value is -1.32. The molecule has 1 aromatic heterocycles. The van der Waals surface area contributed by atoms with Crippen molar-refractivity contribution in [2.75, 3.05) is 0 Å². The van der Waals surface area contributed by atoms with Crippen LogP contribution in [0, 0.1) is 0 Å². The van der Waals surface area contributed by atoms with Gasteiger partial charge in [-0.15, -0.1) is 0 Å². The number of nitrogens with zero attached hydrogens (tertiary/aromatic N) is 2. The monoisotopic (exact) mass is 236 g/mol. The average molecular weight is 236 g/mol. The van der Waals surface area contributed by atoms with Crippen molar-refractivity contribution in [1.29, 1.82) is 0 Å². The van der Waals surface area contributed by atoms with Crippen LogP contribution in [-0.2, 0) is 5.41 Å². The summed E-state index contributed by atoms with van der Waals surface area (Å²) in [6.07, 6.45) is 4.44. The van der Waals surface area contributed by atoms with E-state index in [-0.39, 0.29) is 11.5 Å². The zero-order chi connectivity index (χ0) is 12.6. The molecule has 0 aromatic carbocycles. The Bertz CT molecular complexity index is 423. The van der Waals surface area contributed by atoms with Crippen LogP contribution in [0.15, 0.2) is 6.07 Å². The Morgan fingerprint density at radius 2 is 2.00 bits per heavy atom. The fourth-order valence-electron chi connectivity index (χ4n) is 2.35. The van der Waals surface area contributed by atoms with E-state index < -0.39 is 5.97 Å². The largest absolute Gasteiger partial charge is 0.477 e. The summed E-state index contributed by atoms with van der Waals surface area (Å²) in [7, 11) is 0. The maximum Gasteiger partial charge on any atom is 0.354 e. The van der Waals surface area contributed by atoms with Crippen LogP contribution < -0.4 is 0 Å². The van der Waals surface area contributed by atoms with Crippen LogP contribution >= 0.6 is 0 Å². The van der Waals surface area contributed by atoms with Crippen molar-refractivity contribution in [3.8, 4) is 0 Å². The fourth-order valence-corrected chi connectivity index (χ4v) is 2.35. The molecule has 1 aliphatic carbocycles. The van der Waals surface area contributed by atoms with E-state index in [0.29, 0.717) is 5.69 Å². The van der Waals surface area contributed by atoms with Crippen LogP contribution in [0.1, 0.15) is 68.7 Å². The Labute approximate surface area is 102 Å². The topological polar surface area (TPSA) is 55.1 Å². The molecular formula is C13H20N2O2. The quantitative estimate of drug-likeness (QED) is 0.858. The Morgan fingerprint density at radius 1 is 1.41 bits per heavy atom. The van der Waals surface area contributed by atoms with Gasteiger partial charge in [-0.05, 0) is 18.9 Å². The molecule has 1 fully saturated rings. The third-order valence-corrected chi connectivity index (χ3v) is 3.39. The van der Waals surface area contributed by atoms with E-state index in [2.05, 4.69) is 25.9 Å². The molecule has 1 N–H and O–H groups in total. The van der Waals surface area contributed by atoms with Crippen LogP contribution in [0.3, 0.4) is 0 Å². The molecule has 0 bridgehead atoms. The van der Waals surface area contributed by atoms with Gasteiger partial charge in [0.25, 0.3) is 0 Å². The Morgan fingerprint density at radius 3 is 2.47 bits per heavy atom. The number of aromatic carboxylic acids is 1. The van der Waals surface area contributed by atoms with E-state index in [4.69, 9.17) is 0 Å². The van der Waals surface area contributed by atoms with E-state index >= 15 is 0 Å². The second-order valence-electron chi connectivity index (χ2n) is 5.85. The van der Waals surface area contributed by atoms with Crippen LogP contribution in [0.25, 0.3) is 0 Å². The fraction of sp³-hybridized carbons (Fsp3) is 0.692. The number of carboxylic acid groups (broad SMARTS) is 1. The first-order chi connectivity index (χ1) is 7.89. The lowest BCUT2D eigenvalue weighted by molar-refractivity contribution is 0.0680. The van der Waals surface area contributed by atoms with Crippen LogP contribution in [0.5, 0.6) is 0 Å². The molecule has 0 spiro atoms. The van der Waals surface area contributed by atoms with Crippen molar-refractivity contribution in [1.82, 2.24) is 9.78 Å². The van der Waals surface area contributed by atoms with Crippen molar-refractivity contribution >= 4 is 5.97 Å². The summed E-state index contributed by atoms with van der Waals surface area (Å²) < 4.78 is 1.73. The Balaban J connectivity index is 2.42. The standard InChI is InChI=1S/C13H20N2O2/c1-13(2,3)11-8-10(12(16)17)15(14-11)9-6-4-5-7-9/h8-9H,4-7H2,1-3H3,(H,16,17). The van der Waals surface area contributed by atoms with E-state index in [1.165, 1.54) is 12.8 Å². The SMILES string of the molecule is CC(C)(C)c1cc(C(=O)O)n(C2CCCC2)n1. The highest BCUT2D eigenvalue weighted by Crippen LogP contribution is 2.32. The van der Waals surface area contributed by atoms with Gasteiger partial charge >= 0.3 is 5.97 Å². The van der Waals surface area contributed by atoms with Crippen molar-refractivity contribution in [3.05, 3.63) is 17.5 Å². The van der Waals surface area contributed by atoms with Gasteiger partial charge in [0.05, 0.1) is 11.7 Å². The first-order valence-electron chi connectivity index (χ1n) is 6.23. The van der Waals surface area contributed by atoms with Crippen molar-refractivity contribution in [3.63, 3.8) is 0 Å². The highest BCUT2D eigenvalue weighted by atomic mass is 16.4. The number of hydrogen-bond acceptors (Lipinski definition) is 2. The average Bonchev–Trinajstić information content (AvgIpc) is 2.85. The molecule has 0 aliphatic heterocycles. The predicted molar refractivity (Wildman–Crippen MR) is 65.4 cm³/mol. The lowest BCUT2D eigenvalue weighted by Gasteiger charge is -2.15. The summed E-state index contributed by atoms with van der Waals surface area (Å²) in [5.41, 5.74) is 1.09. The lowest BCUT2D eigenvalue weighted by Crippen LogP contribution is -2.16. The molecule has 0 unspecified atom stereocenters. The highest BCUT2D eigenvalue weighted by molar-refractivity contribution is 5.85. The summed E-state index contributed by atoms with van der Waals surface area (Å²) in [4.78, 5) is 11.3. The zero-order valence-corrected chi connectivity index (χ0v) is 10.7. The summed E-state index contributed by atoms with van der Waals surface area (Å²) in [5, 5.41) is 13.8. The third-order valence-electron chi connectivity index (χ3n) is 3.39. The van der Waals surface area contributed by atoms with E-state index in [9.17, 15) is 9.90 Å². The number of carboxylic acids is 1. The molecule has 2 rings (SSSR count). The van der Waals surface area contributed by atoms with E-state index in [0.717, 1.165) is 18.5 Å². The van der Waals surface area contributed by atoms with Gasteiger partial charge in [0, 0.05) is 5.41 Å². The molecule has 0 amide bonds. The van der Waals surface area contributed by atoms with E-state index in [1.807, 2.05) is 0 Å². The van der Waals surface area contributed by atoms with Gasteiger partial charge in [0.1, 0.15) is 5.69 Å². The molecule has 1 aromatic rings. The van der Waals surface area contributed by atoms with Crippen molar-refractivity contribution < 1.29 is 9.90 Å². The lowest BCUT2D eigenvalue weighted by atomic mass is 9.92. The molecule has 4 heteroatoms. The van der Waals surface area contributed by atoms with Crippen LogP contribution in [0.4, 0.5) is 0 Å². The van der Waals surface area contributed by atoms with Crippen molar-refractivity contribution in [2.24, 2.45) is 0 Å². The number of aromatic nitrogens is 2. The van der Waals surface area contributed by atoms with Gasteiger partial charge in [-0.2, -0.15) is 5.10 Å². The first kappa shape index (κ1) is 12.1. The second-order valence-corrected chi connectivity index (χ2v) is 5.85. The summed E-state index contributed by atoms with van der Waals surface area (Å²) in [6, 6.07) is 2.00. The Kier molecular flexibility index (Phi) is 2.98. The maximum absolute atomic E-state index is 11.3. The number of rotatable bonds is 2. The maximum atomic E-state index is 11.3. The van der Waals surface area contributed by atoms with E-state index in [1.54, 1.807) is 10.7 Å². The minimum atomic E-state index is -0.875. The molecule has 94 valence electrons. The predicted octanol–water partition coefficient (Wildman–Crippen LogP) is 2.99. The second kappa shape index (κ2) is 4.17. The van der Waals surface area contributed by atoms with Crippen molar-refractivity contribution in [2.45, 2.75) is 57.9 Å². The van der Waals surface area contributed by atoms with Gasteiger partial charge in [-0.3, -0.25) is 4.68 Å². The molecule has 0 atom stereocenters. The van der Waals surface area contributed by atoms with Crippen LogP contribution in [-0.4, -0.2) is 20.9 Å². The molecule has 1 aliphatic rings. The molecular weight excluding hydrogens is 216 g/mol. The van der Waals surface area contributed by atoms with Gasteiger partial charge in [-0.1, -0.05) is 33.6 Å². The highest BCUT2D eigenvalue weighted by Gasteiger charge is 2.27. The summed E-state index contributed by atoms with van der Waals surface area (Å²) >= 11 is 0. The summed E-state index contributed by atoms with van der Waals surface area (Å²) in [6.45, 7) is 6.17. The molecule has 17 heavy (non-hydrogen) atoms. The normalized spacial score (nSPS) is 17.6. The number of hydrogen-bond donors (Lipinski definition) is 1.